The van der Waals surface area contributed by atoms with Crippen LogP contribution >= 0.6 is 23.2 Å². The van der Waals surface area contributed by atoms with Crippen LogP contribution in [0.4, 0.5) is 13.2 Å². The van der Waals surface area contributed by atoms with Crippen molar-refractivity contribution in [2.24, 2.45) is 0 Å². The fourth-order valence-electron chi connectivity index (χ4n) is 2.82. The Morgan fingerprint density at radius 3 is 2.32 bits per heavy atom. The van der Waals surface area contributed by atoms with E-state index >= 15 is 0 Å². The summed E-state index contributed by atoms with van der Waals surface area (Å²) < 4.78 is 31.2. The van der Waals surface area contributed by atoms with Gasteiger partial charge < -0.3 is 4.90 Å². The van der Waals surface area contributed by atoms with Crippen LogP contribution in [0.2, 0.25) is 10.0 Å². The molecule has 7 heteroatoms. The normalized spacial score (nSPS) is 17.3. The summed E-state index contributed by atoms with van der Waals surface area (Å²) in [6, 6.07) is 14.4. The molecule has 0 N–H and O–H groups in total. The quantitative estimate of drug-likeness (QED) is 0.615. The maximum Gasteiger partial charge on any atom is 0.446 e. The highest BCUT2D eigenvalue weighted by Crippen LogP contribution is 2.38. The maximum atomic E-state index is 10.4. The van der Waals surface area contributed by atoms with Crippen molar-refractivity contribution in [3.05, 3.63) is 69.2 Å². The number of benzene rings is 2. The molecule has 2 aromatic carbocycles. The summed E-state index contributed by atoms with van der Waals surface area (Å²) in [5.74, 6) is 0.339. The van der Waals surface area contributed by atoms with Gasteiger partial charge in [0.15, 0.2) is 0 Å². The van der Waals surface area contributed by atoms with E-state index in [1.807, 2.05) is 12.1 Å². The first-order chi connectivity index (χ1) is 11.7. The minimum atomic E-state index is -4.64. The van der Waals surface area contributed by atoms with Crippen molar-refractivity contribution in [1.29, 1.82) is 0 Å². The van der Waals surface area contributed by atoms with Gasteiger partial charge in [-0.05, 0) is 35.9 Å². The van der Waals surface area contributed by atoms with Crippen molar-refractivity contribution in [3.8, 4) is 0 Å². The average Bonchev–Trinajstić information content (AvgIpc) is 2.56. The van der Waals surface area contributed by atoms with Gasteiger partial charge in [0.25, 0.3) is 0 Å². The van der Waals surface area contributed by atoms with Gasteiger partial charge in [-0.3, -0.25) is 4.79 Å². The molecule has 0 aromatic heterocycles. The number of hydrogen-bond donors (Lipinski definition) is 0. The van der Waals surface area contributed by atoms with Crippen molar-refractivity contribution in [1.82, 2.24) is 4.90 Å². The molecule has 1 aliphatic heterocycles. The van der Waals surface area contributed by atoms with E-state index in [2.05, 4.69) is 42.3 Å². The number of halogens is 5. The summed E-state index contributed by atoms with van der Waals surface area (Å²) in [6.07, 6.45) is -5.70. The standard InChI is InChI=1S/C16H15Cl2N.C2HF3O/c1-19-9-14(11-5-3-2-4-6-11)13-7-12(17)8-16(18)15(13)10-19;3-2(4,5)1-6/h2-8,14H,9-10H2,1H3;1H. The van der Waals surface area contributed by atoms with Gasteiger partial charge in [-0.2, -0.15) is 13.2 Å². The second-order valence-electron chi connectivity index (χ2n) is 5.77. The van der Waals surface area contributed by atoms with Crippen molar-refractivity contribution in [2.45, 2.75) is 18.6 Å². The average molecular weight is 390 g/mol. The Balaban J connectivity index is 0.000000326. The number of rotatable bonds is 1. The fraction of sp³-hybridized carbons (Fsp3) is 0.278. The van der Waals surface area contributed by atoms with Crippen molar-refractivity contribution >= 4 is 29.5 Å². The molecule has 0 aliphatic carbocycles. The lowest BCUT2D eigenvalue weighted by Crippen LogP contribution is -2.31. The van der Waals surface area contributed by atoms with E-state index < -0.39 is 12.5 Å². The second kappa shape index (κ2) is 8.21. The Morgan fingerprint density at radius 2 is 1.76 bits per heavy atom. The van der Waals surface area contributed by atoms with Gasteiger partial charge in [0.1, 0.15) is 0 Å². The zero-order chi connectivity index (χ0) is 18.6. The first-order valence-corrected chi connectivity index (χ1v) is 8.21. The molecule has 1 atom stereocenters. The number of carbonyl (C=O) groups is 1. The minimum Gasteiger partial charge on any atom is -0.301 e. The first kappa shape index (κ1) is 19.8. The van der Waals surface area contributed by atoms with Crippen LogP contribution in [0.25, 0.3) is 0 Å². The molecule has 0 radical (unpaired) electrons. The van der Waals surface area contributed by atoms with E-state index in [1.165, 1.54) is 16.7 Å². The molecular weight excluding hydrogens is 374 g/mol. The monoisotopic (exact) mass is 389 g/mol. The third-order valence-corrected chi connectivity index (χ3v) is 4.38. The Labute approximate surface area is 154 Å². The van der Waals surface area contributed by atoms with E-state index in [1.54, 1.807) is 0 Å². The summed E-state index contributed by atoms with van der Waals surface area (Å²) in [6.45, 7) is 1.88. The van der Waals surface area contributed by atoms with Crippen LogP contribution < -0.4 is 0 Å². The van der Waals surface area contributed by atoms with Crippen LogP contribution in [0.15, 0.2) is 42.5 Å². The molecule has 0 saturated heterocycles. The maximum absolute atomic E-state index is 10.4. The predicted molar refractivity (Wildman–Crippen MR) is 93.2 cm³/mol. The van der Waals surface area contributed by atoms with Crippen molar-refractivity contribution in [3.63, 3.8) is 0 Å². The highest BCUT2D eigenvalue weighted by atomic mass is 35.5. The Hall–Kier alpha value is -1.56. The summed E-state index contributed by atoms with van der Waals surface area (Å²) in [4.78, 5) is 11.0. The van der Waals surface area contributed by atoms with E-state index in [-0.39, 0.29) is 0 Å². The molecule has 3 rings (SSSR count). The molecule has 1 aliphatic rings. The molecule has 1 unspecified atom stereocenters. The number of alkyl halides is 3. The van der Waals surface area contributed by atoms with Crippen LogP contribution in [0, 0.1) is 0 Å². The first-order valence-electron chi connectivity index (χ1n) is 7.45. The lowest BCUT2D eigenvalue weighted by Gasteiger charge is -2.33. The number of carbonyl (C=O) groups excluding carboxylic acids is 1. The van der Waals surface area contributed by atoms with E-state index in [4.69, 9.17) is 28.0 Å². The van der Waals surface area contributed by atoms with Crippen LogP contribution in [-0.2, 0) is 11.3 Å². The third-order valence-electron chi connectivity index (χ3n) is 3.83. The summed E-state index contributed by atoms with van der Waals surface area (Å²) >= 11 is 12.5. The van der Waals surface area contributed by atoms with Crippen LogP contribution in [0.5, 0.6) is 0 Å². The van der Waals surface area contributed by atoms with Gasteiger partial charge >= 0.3 is 6.18 Å². The number of nitrogens with zero attached hydrogens (tertiary/aromatic N) is 1. The third kappa shape index (κ3) is 5.46. The molecule has 0 fully saturated rings. The van der Waals surface area contributed by atoms with Crippen molar-refractivity contribution in [2.75, 3.05) is 13.6 Å². The molecule has 0 amide bonds. The molecule has 0 bridgehead atoms. The van der Waals surface area contributed by atoms with E-state index in [0.29, 0.717) is 10.9 Å². The van der Waals surface area contributed by atoms with Gasteiger partial charge in [-0.25, -0.2) is 0 Å². The number of likely N-dealkylation sites (N-methyl/N-ethyl adjacent to an activating group) is 1. The summed E-state index contributed by atoms with van der Waals surface area (Å²) in [5, 5.41) is 1.49. The second-order valence-corrected chi connectivity index (χ2v) is 6.62. The van der Waals surface area contributed by atoms with E-state index in [9.17, 15) is 13.2 Å². The van der Waals surface area contributed by atoms with Gasteiger partial charge in [0, 0.05) is 29.1 Å². The molecule has 134 valence electrons. The lowest BCUT2D eigenvalue weighted by atomic mass is 9.85. The summed E-state index contributed by atoms with van der Waals surface area (Å²) in [7, 11) is 2.13. The molecule has 0 spiro atoms. The largest absolute Gasteiger partial charge is 0.446 e. The Morgan fingerprint density at radius 1 is 1.16 bits per heavy atom. The van der Waals surface area contributed by atoms with Gasteiger partial charge in [0.05, 0.1) is 0 Å². The number of aldehydes is 1. The molecule has 2 aromatic rings. The molecule has 2 nitrogen and oxygen atoms in total. The lowest BCUT2D eigenvalue weighted by molar-refractivity contribution is -0.156. The van der Waals surface area contributed by atoms with Crippen LogP contribution in [-0.4, -0.2) is 31.0 Å². The topological polar surface area (TPSA) is 20.3 Å². The summed E-state index contributed by atoms with van der Waals surface area (Å²) in [5.41, 5.74) is 3.78. The van der Waals surface area contributed by atoms with Gasteiger partial charge in [-0.1, -0.05) is 53.5 Å². The SMILES string of the molecule is CN1Cc2c(Cl)cc(Cl)cc2C(c2ccccc2)C1.O=CC(F)(F)F. The zero-order valence-corrected chi connectivity index (χ0v) is 14.9. The zero-order valence-electron chi connectivity index (χ0n) is 13.4. The molecule has 0 saturated carbocycles. The molecular formula is C18H16Cl2F3NO. The smallest absolute Gasteiger partial charge is 0.301 e. The minimum absolute atomic E-state index is 0.339. The van der Waals surface area contributed by atoms with Gasteiger partial charge in [0.2, 0.25) is 6.29 Å². The Kier molecular flexibility index (Phi) is 6.49. The van der Waals surface area contributed by atoms with Gasteiger partial charge in [-0.15, -0.1) is 0 Å². The Bertz CT molecular complexity index is 735. The highest BCUT2D eigenvalue weighted by Gasteiger charge is 2.26. The molecule has 1 heterocycles. The van der Waals surface area contributed by atoms with Crippen LogP contribution in [0.3, 0.4) is 0 Å². The van der Waals surface area contributed by atoms with Crippen LogP contribution in [0.1, 0.15) is 22.6 Å². The number of fused-ring (bicyclic) bond motifs is 1. The van der Waals surface area contributed by atoms with E-state index in [0.717, 1.165) is 18.1 Å². The predicted octanol–water partition coefficient (Wildman–Crippen LogP) is 5.32. The molecule has 25 heavy (non-hydrogen) atoms. The number of hydrogen-bond acceptors (Lipinski definition) is 2. The fourth-order valence-corrected chi connectivity index (χ4v) is 3.38. The van der Waals surface area contributed by atoms with Crippen molar-refractivity contribution < 1.29 is 18.0 Å². The highest BCUT2D eigenvalue weighted by molar-refractivity contribution is 6.35.